The Morgan fingerprint density at radius 3 is 2.62 bits per heavy atom. The van der Waals surface area contributed by atoms with Gasteiger partial charge in [0.1, 0.15) is 0 Å². The SMILES string of the molecule is Cc1ccc(-n2c(SCC(=O)Nc3ccc(F)c([N+](=O)[O-])c3)nc3ccccc3c2=O)cc1C. The van der Waals surface area contributed by atoms with Crippen LogP contribution in [0, 0.1) is 29.8 Å². The van der Waals surface area contributed by atoms with E-state index in [2.05, 4.69) is 10.3 Å². The molecule has 0 unspecified atom stereocenters. The summed E-state index contributed by atoms with van der Waals surface area (Å²) in [5, 5.41) is 14.2. The van der Waals surface area contributed by atoms with Gasteiger partial charge < -0.3 is 5.32 Å². The molecule has 8 nitrogen and oxygen atoms in total. The van der Waals surface area contributed by atoms with Gasteiger partial charge in [0.25, 0.3) is 5.56 Å². The average Bonchev–Trinajstić information content (AvgIpc) is 2.81. The third-order valence-corrected chi connectivity index (χ3v) is 6.19. The molecule has 3 aromatic carbocycles. The topological polar surface area (TPSA) is 107 Å². The number of anilines is 1. The van der Waals surface area contributed by atoms with Crippen LogP contribution in [0.15, 0.2) is 70.6 Å². The molecule has 172 valence electrons. The van der Waals surface area contributed by atoms with Gasteiger partial charge in [-0.15, -0.1) is 0 Å². The van der Waals surface area contributed by atoms with Crippen molar-refractivity contribution in [2.45, 2.75) is 19.0 Å². The lowest BCUT2D eigenvalue weighted by atomic mass is 10.1. The number of amides is 1. The smallest absolute Gasteiger partial charge is 0.306 e. The Morgan fingerprint density at radius 2 is 1.88 bits per heavy atom. The highest BCUT2D eigenvalue weighted by Gasteiger charge is 2.17. The largest absolute Gasteiger partial charge is 0.325 e. The van der Waals surface area contributed by atoms with Gasteiger partial charge in [0.2, 0.25) is 11.7 Å². The minimum Gasteiger partial charge on any atom is -0.325 e. The molecule has 4 rings (SSSR count). The number of nitrogens with one attached hydrogen (secondary N) is 1. The van der Waals surface area contributed by atoms with E-state index in [1.165, 1.54) is 10.6 Å². The first-order valence-corrected chi connectivity index (χ1v) is 11.2. The van der Waals surface area contributed by atoms with Crippen molar-refractivity contribution in [1.29, 1.82) is 0 Å². The standard InChI is InChI=1S/C24H19FN4O4S/c1-14-7-9-17(11-15(14)2)28-23(31)18-5-3-4-6-20(18)27-24(28)34-13-22(30)26-16-8-10-19(25)21(12-16)29(32)33/h3-12H,13H2,1-2H3,(H,26,30). The first-order chi connectivity index (χ1) is 16.2. The van der Waals surface area contributed by atoms with Gasteiger partial charge in [-0.1, -0.05) is 30.0 Å². The number of aryl methyl sites for hydroxylation is 2. The number of rotatable bonds is 6. The number of nitro groups is 1. The summed E-state index contributed by atoms with van der Waals surface area (Å²) >= 11 is 1.05. The maximum absolute atomic E-state index is 13.6. The molecule has 0 aliphatic rings. The summed E-state index contributed by atoms with van der Waals surface area (Å²) in [5.41, 5.74) is 2.32. The number of nitro benzene ring substituents is 1. The summed E-state index contributed by atoms with van der Waals surface area (Å²) in [7, 11) is 0. The Labute approximate surface area is 197 Å². The van der Waals surface area contributed by atoms with Crippen molar-refractivity contribution in [1.82, 2.24) is 9.55 Å². The van der Waals surface area contributed by atoms with E-state index in [-0.39, 0.29) is 17.0 Å². The summed E-state index contributed by atoms with van der Waals surface area (Å²) in [6.45, 7) is 3.92. The summed E-state index contributed by atoms with van der Waals surface area (Å²) in [4.78, 5) is 40.5. The van der Waals surface area contributed by atoms with Gasteiger partial charge in [0.15, 0.2) is 5.16 Å². The summed E-state index contributed by atoms with van der Waals surface area (Å²) < 4.78 is 15.0. The number of hydrogen-bond acceptors (Lipinski definition) is 6. The van der Waals surface area contributed by atoms with Gasteiger partial charge >= 0.3 is 5.69 Å². The van der Waals surface area contributed by atoms with Gasteiger partial charge in [-0.25, -0.2) is 4.98 Å². The second kappa shape index (κ2) is 9.44. The fourth-order valence-corrected chi connectivity index (χ4v) is 4.17. The molecule has 0 aliphatic carbocycles. The molecule has 1 N–H and O–H groups in total. The number of aromatic nitrogens is 2. The normalized spacial score (nSPS) is 10.9. The van der Waals surface area contributed by atoms with Gasteiger partial charge in [0.05, 0.1) is 27.3 Å². The molecule has 0 spiro atoms. The van der Waals surface area contributed by atoms with Crippen molar-refractivity contribution >= 4 is 39.9 Å². The fraction of sp³-hybridized carbons (Fsp3) is 0.125. The van der Waals surface area contributed by atoms with E-state index in [4.69, 9.17) is 0 Å². The van der Waals surface area contributed by atoms with E-state index in [9.17, 15) is 24.1 Å². The van der Waals surface area contributed by atoms with Crippen molar-refractivity contribution in [3.05, 3.63) is 98.1 Å². The lowest BCUT2D eigenvalue weighted by Crippen LogP contribution is -2.23. The molecule has 0 atom stereocenters. The van der Waals surface area contributed by atoms with Gasteiger partial charge in [-0.3, -0.25) is 24.3 Å². The quantitative estimate of drug-likeness (QED) is 0.185. The molecule has 34 heavy (non-hydrogen) atoms. The average molecular weight is 479 g/mol. The van der Waals surface area contributed by atoms with Crippen LogP contribution in [0.5, 0.6) is 0 Å². The monoisotopic (exact) mass is 478 g/mol. The number of carbonyl (C=O) groups excluding carboxylic acids is 1. The highest BCUT2D eigenvalue weighted by molar-refractivity contribution is 7.99. The molecule has 10 heteroatoms. The van der Waals surface area contributed by atoms with E-state index in [1.807, 2.05) is 32.0 Å². The van der Waals surface area contributed by atoms with Crippen molar-refractivity contribution in [2.75, 3.05) is 11.1 Å². The molecular weight excluding hydrogens is 459 g/mol. The van der Waals surface area contributed by atoms with Crippen LogP contribution in [0.2, 0.25) is 0 Å². The Morgan fingerprint density at radius 1 is 1.12 bits per heavy atom. The lowest BCUT2D eigenvalue weighted by Gasteiger charge is -2.14. The number of benzene rings is 3. The van der Waals surface area contributed by atoms with E-state index < -0.39 is 22.3 Å². The second-order valence-electron chi connectivity index (χ2n) is 7.58. The lowest BCUT2D eigenvalue weighted by molar-refractivity contribution is -0.387. The second-order valence-corrected chi connectivity index (χ2v) is 8.52. The van der Waals surface area contributed by atoms with E-state index >= 15 is 0 Å². The number of nitrogens with zero attached hydrogens (tertiary/aromatic N) is 3. The Bertz CT molecular complexity index is 1500. The molecule has 1 heterocycles. The van der Waals surface area contributed by atoms with Gasteiger partial charge in [-0.2, -0.15) is 4.39 Å². The molecule has 0 saturated carbocycles. The third kappa shape index (κ3) is 4.67. The van der Waals surface area contributed by atoms with Crippen molar-refractivity contribution < 1.29 is 14.1 Å². The molecule has 1 amide bonds. The maximum atomic E-state index is 13.6. The van der Waals surface area contributed by atoms with Crippen LogP contribution in [-0.4, -0.2) is 26.1 Å². The molecule has 0 saturated heterocycles. The van der Waals surface area contributed by atoms with Crippen LogP contribution in [0.4, 0.5) is 15.8 Å². The Balaban J connectivity index is 1.65. The molecule has 4 aromatic rings. The molecule has 0 fully saturated rings. The van der Waals surface area contributed by atoms with Crippen LogP contribution >= 0.6 is 11.8 Å². The molecular formula is C24H19FN4O4S. The molecule has 0 bridgehead atoms. The zero-order valence-corrected chi connectivity index (χ0v) is 19.1. The molecule has 0 radical (unpaired) electrons. The van der Waals surface area contributed by atoms with Crippen LogP contribution in [0.25, 0.3) is 16.6 Å². The first-order valence-electron chi connectivity index (χ1n) is 10.2. The summed E-state index contributed by atoms with van der Waals surface area (Å²) in [6.07, 6.45) is 0. The van der Waals surface area contributed by atoms with Gasteiger partial charge in [0, 0.05) is 11.8 Å². The van der Waals surface area contributed by atoms with E-state index in [1.54, 1.807) is 24.3 Å². The fourth-order valence-electron chi connectivity index (χ4n) is 3.36. The minimum absolute atomic E-state index is 0.0942. The zero-order valence-electron chi connectivity index (χ0n) is 18.2. The maximum Gasteiger partial charge on any atom is 0.306 e. The van der Waals surface area contributed by atoms with E-state index in [0.29, 0.717) is 21.7 Å². The molecule has 0 aliphatic heterocycles. The summed E-state index contributed by atoms with van der Waals surface area (Å²) in [5.74, 6) is -1.60. The van der Waals surface area contributed by atoms with Crippen LogP contribution in [0.3, 0.4) is 0 Å². The number of thioether (sulfide) groups is 1. The van der Waals surface area contributed by atoms with Crippen LogP contribution in [0.1, 0.15) is 11.1 Å². The third-order valence-electron chi connectivity index (χ3n) is 5.25. The molecule has 1 aromatic heterocycles. The Hall–Kier alpha value is -4.05. The zero-order chi connectivity index (χ0) is 24.4. The highest BCUT2D eigenvalue weighted by atomic mass is 32.2. The number of fused-ring (bicyclic) bond motifs is 1. The number of carbonyl (C=O) groups is 1. The highest BCUT2D eigenvalue weighted by Crippen LogP contribution is 2.24. The van der Waals surface area contributed by atoms with Crippen LogP contribution < -0.4 is 10.9 Å². The first kappa shape index (κ1) is 23.1. The van der Waals surface area contributed by atoms with Crippen molar-refractivity contribution in [3.63, 3.8) is 0 Å². The number of para-hydroxylation sites is 1. The minimum atomic E-state index is -0.991. The van der Waals surface area contributed by atoms with Gasteiger partial charge in [-0.05, 0) is 61.4 Å². The van der Waals surface area contributed by atoms with Crippen LogP contribution in [-0.2, 0) is 4.79 Å². The number of hydrogen-bond donors (Lipinski definition) is 1. The number of halogens is 1. The summed E-state index contributed by atoms with van der Waals surface area (Å²) in [6, 6.07) is 15.7. The van der Waals surface area contributed by atoms with E-state index in [0.717, 1.165) is 35.0 Å². The Kier molecular flexibility index (Phi) is 6.42. The predicted octanol–water partition coefficient (Wildman–Crippen LogP) is 4.78. The van der Waals surface area contributed by atoms with Crippen molar-refractivity contribution in [2.24, 2.45) is 0 Å². The van der Waals surface area contributed by atoms with Crippen molar-refractivity contribution in [3.8, 4) is 5.69 Å². The predicted molar refractivity (Wildman–Crippen MR) is 129 cm³/mol.